The van der Waals surface area contributed by atoms with E-state index in [1.807, 2.05) is 54.6 Å². The Bertz CT molecular complexity index is 1070. The lowest BCUT2D eigenvalue weighted by Crippen LogP contribution is -2.31. The van der Waals surface area contributed by atoms with Crippen LogP contribution in [0.25, 0.3) is 0 Å². The van der Waals surface area contributed by atoms with E-state index in [2.05, 4.69) is 4.98 Å². The molecule has 0 atom stereocenters. The van der Waals surface area contributed by atoms with Crippen LogP contribution in [0.1, 0.15) is 16.8 Å². The van der Waals surface area contributed by atoms with E-state index in [1.54, 1.807) is 11.1 Å². The van der Waals surface area contributed by atoms with Gasteiger partial charge in [0.2, 0.25) is 19.5 Å². The maximum atomic E-state index is 13.3. The van der Waals surface area contributed by atoms with Crippen molar-refractivity contribution in [2.45, 2.75) is 19.5 Å². The molecule has 7 nitrogen and oxygen atoms in total. The van der Waals surface area contributed by atoms with E-state index in [1.165, 1.54) is 0 Å². The van der Waals surface area contributed by atoms with Gasteiger partial charge in [0.1, 0.15) is 0 Å². The fraction of sp³-hybridized carbons (Fsp3) is 0.217. The largest absolute Gasteiger partial charge is 0.454 e. The molecule has 3 aromatic rings. The molecular weight excluding hydrogens is 384 g/mol. The summed E-state index contributed by atoms with van der Waals surface area (Å²) in [6.07, 6.45) is 1.98. The number of benzene rings is 2. The van der Waals surface area contributed by atoms with Crippen LogP contribution in [-0.4, -0.2) is 29.4 Å². The Balaban J connectivity index is 1.39. The van der Waals surface area contributed by atoms with Crippen molar-refractivity contribution in [3.63, 3.8) is 0 Å². The van der Waals surface area contributed by atoms with Gasteiger partial charge in [-0.25, -0.2) is 0 Å². The molecule has 2 aromatic carbocycles. The highest BCUT2D eigenvalue weighted by Crippen LogP contribution is 2.36. The van der Waals surface area contributed by atoms with E-state index in [0.717, 1.165) is 16.8 Å². The number of hydrogen-bond acceptors (Lipinski definition) is 6. The number of amides is 1. The van der Waals surface area contributed by atoms with Crippen LogP contribution in [0, 0.1) is 0 Å². The summed E-state index contributed by atoms with van der Waals surface area (Å²) in [7, 11) is 0. The zero-order valence-electron chi connectivity index (χ0n) is 16.2. The van der Waals surface area contributed by atoms with Crippen LogP contribution >= 0.6 is 0 Å². The second kappa shape index (κ2) is 7.94. The molecule has 2 aliphatic heterocycles. The summed E-state index contributed by atoms with van der Waals surface area (Å²) in [5.74, 6) is 2.75. The van der Waals surface area contributed by atoms with Crippen molar-refractivity contribution >= 4 is 5.91 Å². The van der Waals surface area contributed by atoms with Gasteiger partial charge in [0.15, 0.2) is 23.0 Å². The molecule has 0 radical (unpaired) electrons. The van der Waals surface area contributed by atoms with Crippen molar-refractivity contribution in [2.75, 3.05) is 13.6 Å². The molecule has 1 amide bonds. The molecular formula is C23H20N2O5. The zero-order valence-corrected chi connectivity index (χ0v) is 16.2. The van der Waals surface area contributed by atoms with Crippen LogP contribution in [0.3, 0.4) is 0 Å². The summed E-state index contributed by atoms with van der Waals surface area (Å²) >= 11 is 0. The normalized spacial score (nSPS) is 13.3. The first-order valence-electron chi connectivity index (χ1n) is 9.70. The number of fused-ring (bicyclic) bond motifs is 2. The lowest BCUT2D eigenvalue weighted by molar-refractivity contribution is -0.131. The fourth-order valence-corrected chi connectivity index (χ4v) is 3.58. The molecule has 152 valence electrons. The van der Waals surface area contributed by atoms with E-state index in [-0.39, 0.29) is 25.9 Å². The average molecular weight is 404 g/mol. The summed E-state index contributed by atoms with van der Waals surface area (Å²) in [4.78, 5) is 19.4. The smallest absolute Gasteiger partial charge is 0.231 e. The van der Waals surface area contributed by atoms with Crippen LogP contribution in [0.5, 0.6) is 23.0 Å². The van der Waals surface area contributed by atoms with Crippen LogP contribution in [0.2, 0.25) is 0 Å². The quantitative estimate of drug-likeness (QED) is 0.628. The van der Waals surface area contributed by atoms with Gasteiger partial charge < -0.3 is 23.8 Å². The Morgan fingerprint density at radius 1 is 0.867 bits per heavy atom. The highest BCUT2D eigenvalue weighted by Gasteiger charge is 2.23. The summed E-state index contributed by atoms with van der Waals surface area (Å²) in [5.41, 5.74) is 2.59. The third-order valence-electron chi connectivity index (χ3n) is 5.06. The summed E-state index contributed by atoms with van der Waals surface area (Å²) in [6.45, 7) is 1.19. The average Bonchev–Trinajstić information content (AvgIpc) is 3.43. The Hall–Kier alpha value is -3.74. The first-order valence-corrected chi connectivity index (χ1v) is 9.70. The molecule has 5 rings (SSSR count). The second-order valence-corrected chi connectivity index (χ2v) is 7.09. The fourth-order valence-electron chi connectivity index (χ4n) is 3.58. The molecule has 0 N–H and O–H groups in total. The molecule has 30 heavy (non-hydrogen) atoms. The van der Waals surface area contributed by atoms with Gasteiger partial charge in [0, 0.05) is 18.3 Å². The van der Waals surface area contributed by atoms with Crippen LogP contribution in [0.4, 0.5) is 0 Å². The number of nitrogens with zero attached hydrogens (tertiary/aromatic N) is 2. The minimum absolute atomic E-state index is 0.0176. The summed E-state index contributed by atoms with van der Waals surface area (Å²) in [6, 6.07) is 17.0. The molecule has 0 saturated heterocycles. The van der Waals surface area contributed by atoms with E-state index >= 15 is 0 Å². The lowest BCUT2D eigenvalue weighted by Gasteiger charge is -2.23. The Kier molecular flexibility index (Phi) is 4.85. The topological polar surface area (TPSA) is 70.1 Å². The first kappa shape index (κ1) is 18.3. The van der Waals surface area contributed by atoms with Crippen molar-refractivity contribution in [1.82, 2.24) is 9.88 Å². The van der Waals surface area contributed by atoms with Gasteiger partial charge in [0.05, 0.1) is 18.7 Å². The van der Waals surface area contributed by atoms with Crippen molar-refractivity contribution in [2.24, 2.45) is 0 Å². The number of carbonyl (C=O) groups excluding carboxylic acids is 1. The van der Waals surface area contributed by atoms with Crippen molar-refractivity contribution in [3.8, 4) is 23.0 Å². The number of para-hydroxylation sites is 1. The van der Waals surface area contributed by atoms with Crippen LogP contribution in [0.15, 0.2) is 60.8 Å². The van der Waals surface area contributed by atoms with E-state index < -0.39 is 0 Å². The zero-order chi connectivity index (χ0) is 20.3. The first-order chi connectivity index (χ1) is 14.8. The Labute approximate surface area is 173 Å². The van der Waals surface area contributed by atoms with Crippen molar-refractivity contribution in [3.05, 3.63) is 77.6 Å². The number of ether oxygens (including phenoxy) is 4. The van der Waals surface area contributed by atoms with E-state index in [9.17, 15) is 4.79 Å². The van der Waals surface area contributed by atoms with Gasteiger partial charge in [-0.15, -0.1) is 0 Å². The number of rotatable bonds is 6. The highest BCUT2D eigenvalue weighted by atomic mass is 16.7. The maximum absolute atomic E-state index is 13.3. The standard InChI is InChI=1S/C23H20N2O5/c26-22(11-16-7-8-19-21(10-16)29-14-27-19)25(13-18-5-1-2-9-24-18)12-17-4-3-6-20-23(17)30-15-28-20/h1-10H,11-15H2. The number of pyridine rings is 1. The second-order valence-electron chi connectivity index (χ2n) is 7.09. The SMILES string of the molecule is O=C(Cc1ccc2c(c1)OCO2)N(Cc1ccccn1)Cc1cccc2c1OCO2. The van der Waals surface area contributed by atoms with Crippen molar-refractivity contribution in [1.29, 1.82) is 0 Å². The molecule has 7 heteroatoms. The molecule has 0 bridgehead atoms. The molecule has 0 aliphatic carbocycles. The molecule has 0 spiro atoms. The van der Waals surface area contributed by atoms with E-state index in [4.69, 9.17) is 18.9 Å². The third kappa shape index (κ3) is 3.74. The Morgan fingerprint density at radius 3 is 2.63 bits per heavy atom. The van der Waals surface area contributed by atoms with Gasteiger partial charge >= 0.3 is 0 Å². The predicted octanol–water partition coefficient (Wildman–Crippen LogP) is 3.31. The van der Waals surface area contributed by atoms with Gasteiger partial charge in [0.25, 0.3) is 0 Å². The molecule has 2 aliphatic rings. The predicted molar refractivity (Wildman–Crippen MR) is 107 cm³/mol. The van der Waals surface area contributed by atoms with Gasteiger partial charge in [-0.05, 0) is 35.9 Å². The monoisotopic (exact) mass is 404 g/mol. The van der Waals surface area contributed by atoms with Crippen molar-refractivity contribution < 1.29 is 23.7 Å². The lowest BCUT2D eigenvalue weighted by atomic mass is 10.1. The third-order valence-corrected chi connectivity index (χ3v) is 5.06. The molecule has 0 saturated carbocycles. The molecule has 3 heterocycles. The highest BCUT2D eigenvalue weighted by molar-refractivity contribution is 5.79. The maximum Gasteiger partial charge on any atom is 0.231 e. The minimum atomic E-state index is -0.0176. The van der Waals surface area contributed by atoms with Crippen LogP contribution in [-0.2, 0) is 24.3 Å². The van der Waals surface area contributed by atoms with Gasteiger partial charge in [-0.1, -0.05) is 24.3 Å². The number of carbonyl (C=O) groups is 1. The molecule has 0 fully saturated rings. The summed E-state index contributed by atoms with van der Waals surface area (Å²) in [5, 5.41) is 0. The van der Waals surface area contributed by atoms with Gasteiger partial charge in [-0.3, -0.25) is 9.78 Å². The summed E-state index contributed by atoms with van der Waals surface area (Å²) < 4.78 is 21.9. The van der Waals surface area contributed by atoms with Gasteiger partial charge in [-0.2, -0.15) is 0 Å². The number of aromatic nitrogens is 1. The minimum Gasteiger partial charge on any atom is -0.454 e. The Morgan fingerprint density at radius 2 is 1.73 bits per heavy atom. The molecule has 1 aromatic heterocycles. The van der Waals surface area contributed by atoms with E-state index in [0.29, 0.717) is 36.1 Å². The number of hydrogen-bond donors (Lipinski definition) is 0. The molecule has 0 unspecified atom stereocenters. The van der Waals surface area contributed by atoms with Crippen LogP contribution < -0.4 is 18.9 Å².